The third-order valence-corrected chi connectivity index (χ3v) is 6.77. The lowest BCUT2D eigenvalue weighted by Crippen LogP contribution is -2.39. The Balaban J connectivity index is 1.44. The SMILES string of the molecule is CC1CCCCN1CCCNC(=O)C(=Cc1ccc(C(=O)O)cc1)COc1cccc2ccccc12. The summed E-state index contributed by atoms with van der Waals surface area (Å²) in [6.07, 6.45) is 6.44. The third kappa shape index (κ3) is 6.73. The number of carbonyl (C=O) groups is 2. The van der Waals surface area contributed by atoms with E-state index in [1.807, 2.05) is 42.5 Å². The number of amides is 1. The Morgan fingerprint density at radius 3 is 2.61 bits per heavy atom. The molecule has 1 heterocycles. The summed E-state index contributed by atoms with van der Waals surface area (Å²) >= 11 is 0. The second-order valence-corrected chi connectivity index (χ2v) is 9.35. The van der Waals surface area contributed by atoms with E-state index in [4.69, 9.17) is 4.74 Å². The van der Waals surface area contributed by atoms with Gasteiger partial charge in [0, 0.05) is 24.5 Å². The molecule has 1 saturated heterocycles. The van der Waals surface area contributed by atoms with Gasteiger partial charge in [0.05, 0.1) is 11.1 Å². The van der Waals surface area contributed by atoms with Gasteiger partial charge in [-0.25, -0.2) is 4.79 Å². The van der Waals surface area contributed by atoms with Crippen molar-refractivity contribution in [2.45, 2.75) is 38.6 Å². The Bertz CT molecular complexity index is 1210. The number of carbonyl (C=O) groups excluding carboxylic acids is 1. The van der Waals surface area contributed by atoms with Crippen LogP contribution in [0.15, 0.2) is 72.3 Å². The molecule has 1 amide bonds. The van der Waals surface area contributed by atoms with E-state index in [2.05, 4.69) is 17.1 Å². The smallest absolute Gasteiger partial charge is 0.335 e. The fourth-order valence-corrected chi connectivity index (χ4v) is 4.66. The number of hydrogen-bond donors (Lipinski definition) is 2. The van der Waals surface area contributed by atoms with Crippen LogP contribution in [-0.4, -0.2) is 54.2 Å². The zero-order valence-electron chi connectivity index (χ0n) is 20.8. The fraction of sp³-hybridized carbons (Fsp3) is 0.333. The summed E-state index contributed by atoms with van der Waals surface area (Å²) in [4.78, 5) is 26.8. The molecule has 3 aromatic carbocycles. The van der Waals surface area contributed by atoms with E-state index in [0.29, 0.717) is 23.9 Å². The Morgan fingerprint density at radius 2 is 1.83 bits per heavy atom. The van der Waals surface area contributed by atoms with Gasteiger partial charge in [-0.15, -0.1) is 0 Å². The molecule has 2 N–H and O–H groups in total. The predicted octanol–water partition coefficient (Wildman–Crippen LogP) is 5.38. The first-order valence-electron chi connectivity index (χ1n) is 12.7. The van der Waals surface area contributed by atoms with Crippen molar-refractivity contribution in [3.05, 3.63) is 83.4 Å². The number of carboxylic acids is 1. The molecule has 0 aromatic heterocycles. The molecule has 1 fully saturated rings. The molecule has 0 aliphatic carbocycles. The molecule has 0 bridgehead atoms. The first kappa shape index (κ1) is 25.5. The van der Waals surface area contributed by atoms with E-state index in [0.717, 1.165) is 35.8 Å². The number of fused-ring (bicyclic) bond motifs is 1. The number of nitrogens with zero attached hydrogens (tertiary/aromatic N) is 1. The van der Waals surface area contributed by atoms with Gasteiger partial charge < -0.3 is 20.1 Å². The maximum atomic E-state index is 13.2. The molecule has 0 radical (unpaired) electrons. The van der Waals surface area contributed by atoms with Crippen LogP contribution in [0.25, 0.3) is 16.8 Å². The van der Waals surface area contributed by atoms with Crippen LogP contribution in [-0.2, 0) is 4.79 Å². The molecule has 0 saturated carbocycles. The van der Waals surface area contributed by atoms with E-state index in [1.165, 1.54) is 31.4 Å². The molecule has 4 rings (SSSR count). The lowest BCUT2D eigenvalue weighted by molar-refractivity contribution is -0.117. The minimum absolute atomic E-state index is 0.101. The first-order chi connectivity index (χ1) is 17.5. The Kier molecular flexibility index (Phi) is 8.74. The summed E-state index contributed by atoms with van der Waals surface area (Å²) in [6.45, 7) is 5.07. The third-order valence-electron chi connectivity index (χ3n) is 6.77. The molecule has 0 spiro atoms. The van der Waals surface area contributed by atoms with Gasteiger partial charge in [-0.2, -0.15) is 0 Å². The average molecular weight is 487 g/mol. The predicted molar refractivity (Wildman–Crippen MR) is 143 cm³/mol. The van der Waals surface area contributed by atoms with Gasteiger partial charge in [0.15, 0.2) is 0 Å². The van der Waals surface area contributed by atoms with Crippen molar-refractivity contribution in [3.8, 4) is 5.75 Å². The van der Waals surface area contributed by atoms with Crippen molar-refractivity contribution in [1.29, 1.82) is 0 Å². The monoisotopic (exact) mass is 486 g/mol. The number of carboxylic acid groups (broad SMARTS) is 1. The summed E-state index contributed by atoms with van der Waals surface area (Å²) in [7, 11) is 0. The summed E-state index contributed by atoms with van der Waals surface area (Å²) < 4.78 is 6.12. The number of piperidine rings is 1. The minimum atomic E-state index is -0.981. The highest BCUT2D eigenvalue weighted by atomic mass is 16.5. The highest BCUT2D eigenvalue weighted by Crippen LogP contribution is 2.26. The molecule has 1 unspecified atom stereocenters. The lowest BCUT2D eigenvalue weighted by Gasteiger charge is -2.33. The topological polar surface area (TPSA) is 78.9 Å². The molecule has 188 valence electrons. The zero-order valence-corrected chi connectivity index (χ0v) is 20.8. The summed E-state index contributed by atoms with van der Waals surface area (Å²) in [5.74, 6) is -0.442. The molecular weight excluding hydrogens is 452 g/mol. The quantitative estimate of drug-likeness (QED) is 0.297. The second kappa shape index (κ2) is 12.4. The highest BCUT2D eigenvalue weighted by Gasteiger charge is 2.18. The van der Waals surface area contributed by atoms with Gasteiger partial charge >= 0.3 is 5.97 Å². The maximum Gasteiger partial charge on any atom is 0.335 e. The molecule has 1 atom stereocenters. The Hall–Kier alpha value is -3.64. The number of benzene rings is 3. The maximum absolute atomic E-state index is 13.2. The van der Waals surface area contributed by atoms with Crippen LogP contribution in [0.2, 0.25) is 0 Å². The van der Waals surface area contributed by atoms with Gasteiger partial charge in [0.1, 0.15) is 12.4 Å². The zero-order chi connectivity index (χ0) is 25.3. The van der Waals surface area contributed by atoms with Gasteiger partial charge in [-0.05, 0) is 68.0 Å². The lowest BCUT2D eigenvalue weighted by atomic mass is 10.0. The molecule has 3 aromatic rings. The van der Waals surface area contributed by atoms with Crippen LogP contribution in [0.1, 0.15) is 48.5 Å². The number of aromatic carboxylic acids is 1. The number of ether oxygens (including phenoxy) is 1. The van der Waals surface area contributed by atoms with Crippen molar-refractivity contribution >= 4 is 28.7 Å². The van der Waals surface area contributed by atoms with Gasteiger partial charge in [0.2, 0.25) is 0 Å². The van der Waals surface area contributed by atoms with Crippen LogP contribution in [0.5, 0.6) is 5.75 Å². The Morgan fingerprint density at radius 1 is 1.06 bits per heavy atom. The standard InChI is InChI=1S/C30H34N2O4/c1-22-8-4-5-18-32(22)19-7-17-31-29(33)26(20-23-13-15-25(16-14-23)30(34)35)21-36-28-12-6-10-24-9-2-3-11-27(24)28/h2-3,6,9-16,20,22H,4-5,7-8,17-19,21H2,1H3,(H,31,33)(H,34,35). The van der Waals surface area contributed by atoms with Crippen LogP contribution in [0, 0.1) is 0 Å². The van der Waals surface area contributed by atoms with Crippen LogP contribution < -0.4 is 10.1 Å². The van der Waals surface area contributed by atoms with Crippen LogP contribution in [0.3, 0.4) is 0 Å². The fourth-order valence-electron chi connectivity index (χ4n) is 4.66. The van der Waals surface area contributed by atoms with Crippen molar-refractivity contribution < 1.29 is 19.4 Å². The highest BCUT2D eigenvalue weighted by molar-refractivity contribution is 5.98. The average Bonchev–Trinajstić information content (AvgIpc) is 2.90. The molecule has 36 heavy (non-hydrogen) atoms. The molecule has 1 aliphatic rings. The minimum Gasteiger partial charge on any atom is -0.488 e. The van der Waals surface area contributed by atoms with Crippen LogP contribution in [0.4, 0.5) is 0 Å². The van der Waals surface area contributed by atoms with Crippen molar-refractivity contribution in [2.75, 3.05) is 26.2 Å². The van der Waals surface area contributed by atoms with Gasteiger partial charge in [-0.3, -0.25) is 4.79 Å². The van der Waals surface area contributed by atoms with Gasteiger partial charge in [0.25, 0.3) is 5.91 Å². The van der Waals surface area contributed by atoms with Crippen molar-refractivity contribution in [2.24, 2.45) is 0 Å². The number of likely N-dealkylation sites (tertiary alicyclic amines) is 1. The first-order valence-corrected chi connectivity index (χ1v) is 12.7. The van der Waals surface area contributed by atoms with Gasteiger partial charge in [-0.1, -0.05) is 55.0 Å². The van der Waals surface area contributed by atoms with Crippen LogP contribution >= 0.6 is 0 Å². The number of rotatable bonds is 10. The van der Waals surface area contributed by atoms with E-state index in [-0.39, 0.29) is 18.1 Å². The molecule has 6 nitrogen and oxygen atoms in total. The number of nitrogens with one attached hydrogen (secondary N) is 1. The summed E-state index contributed by atoms with van der Waals surface area (Å²) in [6, 6.07) is 20.9. The molecular formula is C30H34N2O4. The van der Waals surface area contributed by atoms with E-state index >= 15 is 0 Å². The van der Waals surface area contributed by atoms with Crippen molar-refractivity contribution in [3.63, 3.8) is 0 Å². The largest absolute Gasteiger partial charge is 0.488 e. The normalized spacial score (nSPS) is 16.6. The summed E-state index contributed by atoms with van der Waals surface area (Å²) in [5.41, 5.74) is 1.43. The number of hydrogen-bond acceptors (Lipinski definition) is 4. The van der Waals surface area contributed by atoms with E-state index in [9.17, 15) is 14.7 Å². The summed E-state index contributed by atoms with van der Waals surface area (Å²) in [5, 5.41) is 14.3. The Labute approximate surface area is 212 Å². The van der Waals surface area contributed by atoms with Crippen molar-refractivity contribution in [1.82, 2.24) is 10.2 Å². The van der Waals surface area contributed by atoms with E-state index < -0.39 is 5.97 Å². The molecule has 1 aliphatic heterocycles. The van der Waals surface area contributed by atoms with E-state index in [1.54, 1.807) is 18.2 Å². The second-order valence-electron chi connectivity index (χ2n) is 9.35. The molecule has 6 heteroatoms.